The molecular weight excluding hydrogens is 182 g/mol. The first-order chi connectivity index (χ1) is 6.59. The summed E-state index contributed by atoms with van der Waals surface area (Å²) in [5, 5.41) is 8.78. The summed E-state index contributed by atoms with van der Waals surface area (Å²) in [6, 6.07) is 0. The summed E-state index contributed by atoms with van der Waals surface area (Å²) < 4.78 is 0. The number of amides is 1. The quantitative estimate of drug-likeness (QED) is 0.704. The lowest BCUT2D eigenvalue weighted by Crippen LogP contribution is -2.26. The number of carbonyl (C=O) groups excluding carboxylic acids is 1. The zero-order valence-electron chi connectivity index (χ0n) is 8.27. The highest BCUT2D eigenvalue weighted by molar-refractivity contribution is 5.74. The number of hydrogen-bond donors (Lipinski definition) is 1. The van der Waals surface area contributed by atoms with Crippen molar-refractivity contribution in [2.24, 2.45) is 17.8 Å². The van der Waals surface area contributed by atoms with Crippen LogP contribution in [0.2, 0.25) is 0 Å². The van der Waals surface area contributed by atoms with Crippen LogP contribution in [-0.4, -0.2) is 35.0 Å². The van der Waals surface area contributed by atoms with Gasteiger partial charge in [0.2, 0.25) is 5.91 Å². The Hall–Kier alpha value is -1.06. The van der Waals surface area contributed by atoms with Gasteiger partial charge in [-0.1, -0.05) is 0 Å². The molecule has 14 heavy (non-hydrogen) atoms. The maximum absolute atomic E-state index is 11.1. The topological polar surface area (TPSA) is 57.6 Å². The molecule has 3 atom stereocenters. The molecule has 1 heterocycles. The summed E-state index contributed by atoms with van der Waals surface area (Å²) in [7, 11) is 0. The number of hydrogen-bond acceptors (Lipinski definition) is 2. The molecule has 0 radical (unpaired) electrons. The van der Waals surface area contributed by atoms with Gasteiger partial charge in [-0.2, -0.15) is 0 Å². The van der Waals surface area contributed by atoms with Crippen LogP contribution in [-0.2, 0) is 9.59 Å². The second-order valence-electron chi connectivity index (χ2n) is 4.36. The van der Waals surface area contributed by atoms with Crippen LogP contribution < -0.4 is 0 Å². The molecule has 0 bridgehead atoms. The van der Waals surface area contributed by atoms with E-state index in [0.29, 0.717) is 11.8 Å². The van der Waals surface area contributed by atoms with Crippen LogP contribution in [0, 0.1) is 17.8 Å². The summed E-state index contributed by atoms with van der Waals surface area (Å²) in [5.41, 5.74) is 0. The summed E-state index contributed by atoms with van der Waals surface area (Å²) in [6.45, 7) is 3.15. The predicted molar refractivity (Wildman–Crippen MR) is 49.6 cm³/mol. The summed E-state index contributed by atoms with van der Waals surface area (Å²) >= 11 is 0. The highest BCUT2D eigenvalue weighted by Gasteiger charge is 2.49. The smallest absolute Gasteiger partial charge is 0.306 e. The molecule has 2 rings (SSSR count). The molecule has 0 aromatic heterocycles. The van der Waals surface area contributed by atoms with Crippen LogP contribution in [0.15, 0.2) is 0 Å². The fourth-order valence-electron chi connectivity index (χ4n) is 2.44. The van der Waals surface area contributed by atoms with Gasteiger partial charge in [0, 0.05) is 20.0 Å². The third-order valence-corrected chi connectivity index (χ3v) is 3.43. The normalized spacial score (nSPS) is 35.8. The molecular formula is C10H15NO3. The van der Waals surface area contributed by atoms with Crippen molar-refractivity contribution in [1.82, 2.24) is 4.90 Å². The molecule has 0 aromatic rings. The Balaban J connectivity index is 1.86. The van der Waals surface area contributed by atoms with Gasteiger partial charge >= 0.3 is 5.97 Å². The number of aliphatic carboxylic acids is 1. The summed E-state index contributed by atoms with van der Waals surface area (Å²) in [5.74, 6) is 0.0695. The number of rotatable bonds is 2. The largest absolute Gasteiger partial charge is 0.481 e. The van der Waals surface area contributed by atoms with Crippen LogP contribution in [0.3, 0.4) is 0 Å². The SMILES string of the molecule is CC(=O)N1CCC(C2CC2C(=O)O)C1. The van der Waals surface area contributed by atoms with Gasteiger partial charge in [-0.3, -0.25) is 9.59 Å². The van der Waals surface area contributed by atoms with Crippen LogP contribution in [0.4, 0.5) is 0 Å². The van der Waals surface area contributed by atoms with Crippen LogP contribution in [0.5, 0.6) is 0 Å². The maximum Gasteiger partial charge on any atom is 0.306 e. The fraction of sp³-hybridized carbons (Fsp3) is 0.800. The van der Waals surface area contributed by atoms with Gasteiger partial charge in [0.05, 0.1) is 5.92 Å². The zero-order chi connectivity index (χ0) is 10.3. The molecule has 1 aliphatic heterocycles. The molecule has 1 aliphatic carbocycles. The lowest BCUT2D eigenvalue weighted by Gasteiger charge is -2.13. The van der Waals surface area contributed by atoms with Gasteiger partial charge in [-0.25, -0.2) is 0 Å². The van der Waals surface area contributed by atoms with Gasteiger partial charge in [-0.15, -0.1) is 0 Å². The lowest BCUT2D eigenvalue weighted by atomic mass is 10.0. The van der Waals surface area contributed by atoms with Crippen molar-refractivity contribution in [1.29, 1.82) is 0 Å². The van der Waals surface area contributed by atoms with E-state index in [2.05, 4.69) is 0 Å². The number of carboxylic acids is 1. The first-order valence-corrected chi connectivity index (χ1v) is 5.08. The molecule has 2 aliphatic rings. The number of nitrogens with zero attached hydrogens (tertiary/aromatic N) is 1. The van der Waals surface area contributed by atoms with Gasteiger partial charge in [0.1, 0.15) is 0 Å². The molecule has 0 aromatic carbocycles. The average Bonchev–Trinajstić information content (AvgIpc) is 2.76. The van der Waals surface area contributed by atoms with Gasteiger partial charge < -0.3 is 10.0 Å². The third kappa shape index (κ3) is 1.61. The molecule has 1 N–H and O–H groups in total. The monoisotopic (exact) mass is 197 g/mol. The molecule has 78 valence electrons. The Morgan fingerprint density at radius 2 is 2.14 bits per heavy atom. The third-order valence-electron chi connectivity index (χ3n) is 3.43. The standard InChI is InChI=1S/C10H15NO3/c1-6(12)11-3-2-7(5-11)8-4-9(8)10(13)14/h7-9H,2-5H2,1H3,(H,13,14). The molecule has 0 spiro atoms. The van der Waals surface area contributed by atoms with Gasteiger partial charge in [0.15, 0.2) is 0 Å². The van der Waals surface area contributed by atoms with Crippen LogP contribution in [0.1, 0.15) is 19.8 Å². The predicted octanol–water partition coefficient (Wildman–Crippen LogP) is 0.575. The van der Waals surface area contributed by atoms with E-state index in [4.69, 9.17) is 5.11 Å². The van der Waals surface area contributed by atoms with Crippen molar-refractivity contribution in [2.75, 3.05) is 13.1 Å². The van der Waals surface area contributed by atoms with E-state index in [1.807, 2.05) is 4.90 Å². The van der Waals surface area contributed by atoms with Crippen molar-refractivity contribution >= 4 is 11.9 Å². The molecule has 3 unspecified atom stereocenters. The van der Waals surface area contributed by atoms with E-state index in [1.165, 1.54) is 0 Å². The second kappa shape index (κ2) is 3.26. The first kappa shape index (κ1) is 9.49. The van der Waals surface area contributed by atoms with Crippen molar-refractivity contribution in [3.63, 3.8) is 0 Å². The highest BCUT2D eigenvalue weighted by atomic mass is 16.4. The molecule has 1 saturated carbocycles. The maximum atomic E-state index is 11.1. The Kier molecular flexibility index (Phi) is 2.21. The van der Waals surface area contributed by atoms with Crippen molar-refractivity contribution in [2.45, 2.75) is 19.8 Å². The van der Waals surface area contributed by atoms with Crippen LogP contribution >= 0.6 is 0 Å². The summed E-state index contributed by atoms with van der Waals surface area (Å²) in [6.07, 6.45) is 1.79. The lowest BCUT2D eigenvalue weighted by molar-refractivity contribution is -0.139. The first-order valence-electron chi connectivity index (χ1n) is 5.08. The van der Waals surface area contributed by atoms with E-state index >= 15 is 0 Å². The number of carboxylic acid groups (broad SMARTS) is 1. The second-order valence-corrected chi connectivity index (χ2v) is 4.36. The molecule has 2 fully saturated rings. The average molecular weight is 197 g/mol. The Morgan fingerprint density at radius 1 is 1.43 bits per heavy atom. The zero-order valence-corrected chi connectivity index (χ0v) is 8.27. The van der Waals surface area contributed by atoms with Gasteiger partial charge in [0.25, 0.3) is 0 Å². The number of carbonyl (C=O) groups is 2. The van der Waals surface area contributed by atoms with E-state index < -0.39 is 5.97 Å². The van der Waals surface area contributed by atoms with Crippen molar-refractivity contribution in [3.8, 4) is 0 Å². The molecule has 4 nitrogen and oxygen atoms in total. The minimum Gasteiger partial charge on any atom is -0.481 e. The van der Waals surface area contributed by atoms with E-state index in [-0.39, 0.29) is 11.8 Å². The van der Waals surface area contributed by atoms with Crippen LogP contribution in [0.25, 0.3) is 0 Å². The Labute approximate surface area is 82.9 Å². The van der Waals surface area contributed by atoms with E-state index in [0.717, 1.165) is 25.9 Å². The molecule has 1 amide bonds. The summed E-state index contributed by atoms with van der Waals surface area (Å²) in [4.78, 5) is 23.5. The van der Waals surface area contributed by atoms with Crippen molar-refractivity contribution < 1.29 is 14.7 Å². The molecule has 1 saturated heterocycles. The molecule has 4 heteroatoms. The minimum atomic E-state index is -0.670. The highest BCUT2D eigenvalue weighted by Crippen LogP contribution is 2.47. The minimum absolute atomic E-state index is 0.111. The van der Waals surface area contributed by atoms with Gasteiger partial charge in [-0.05, 0) is 24.7 Å². The number of likely N-dealkylation sites (tertiary alicyclic amines) is 1. The van der Waals surface area contributed by atoms with E-state index in [1.54, 1.807) is 6.92 Å². The fourth-order valence-corrected chi connectivity index (χ4v) is 2.44. The van der Waals surface area contributed by atoms with E-state index in [9.17, 15) is 9.59 Å². The Bertz CT molecular complexity index is 277. The Morgan fingerprint density at radius 3 is 2.57 bits per heavy atom. The van der Waals surface area contributed by atoms with Crippen molar-refractivity contribution in [3.05, 3.63) is 0 Å².